The number of amides is 2. The van der Waals surface area contributed by atoms with Gasteiger partial charge in [-0.1, -0.05) is 6.92 Å². The predicted molar refractivity (Wildman–Crippen MR) is 117 cm³/mol. The summed E-state index contributed by atoms with van der Waals surface area (Å²) in [4.78, 5) is 27.5. The number of benzene rings is 2. The standard InChI is InChI=1S/C23H26N4O4/c1-3-14-10-15(11-16(13-24)20(14)25)22(29)27-8-6-23(7-9-27)26-21(28)18-12-17(30-2)4-5-19(18)31-23/h4-5,10-13,24H,3,6-9,25H2,1-2H3,(H,26,28). The van der Waals surface area contributed by atoms with E-state index in [4.69, 9.17) is 20.6 Å². The van der Waals surface area contributed by atoms with E-state index < -0.39 is 5.72 Å². The van der Waals surface area contributed by atoms with Crippen molar-refractivity contribution < 1.29 is 19.1 Å². The third-order valence-corrected chi connectivity index (χ3v) is 6.02. The smallest absolute Gasteiger partial charge is 0.258 e. The minimum atomic E-state index is -0.828. The van der Waals surface area contributed by atoms with Crippen LogP contribution in [-0.4, -0.2) is 48.9 Å². The first-order valence-electron chi connectivity index (χ1n) is 10.3. The lowest BCUT2D eigenvalue weighted by atomic mass is 9.95. The molecular formula is C23H26N4O4. The number of rotatable bonds is 4. The number of methoxy groups -OCH3 is 1. The van der Waals surface area contributed by atoms with Crippen molar-refractivity contribution in [2.24, 2.45) is 0 Å². The maximum Gasteiger partial charge on any atom is 0.258 e. The minimum absolute atomic E-state index is 0.111. The summed E-state index contributed by atoms with van der Waals surface area (Å²) in [6.07, 6.45) is 2.81. The SMILES string of the molecule is CCc1cc(C(=O)N2CCC3(CC2)NC(=O)c2cc(OC)ccc2O3)cc(C=N)c1N. The molecule has 0 bridgehead atoms. The number of aryl methyl sites for hydroxylation is 1. The van der Waals surface area contributed by atoms with Gasteiger partial charge in [0.1, 0.15) is 11.5 Å². The summed E-state index contributed by atoms with van der Waals surface area (Å²) >= 11 is 0. The molecule has 2 aromatic rings. The maximum absolute atomic E-state index is 13.1. The number of carbonyl (C=O) groups excluding carboxylic acids is 2. The van der Waals surface area contributed by atoms with Gasteiger partial charge in [-0.15, -0.1) is 0 Å². The lowest BCUT2D eigenvalue weighted by Gasteiger charge is -2.44. The number of hydrogen-bond donors (Lipinski definition) is 3. The Morgan fingerprint density at radius 1 is 1.32 bits per heavy atom. The summed E-state index contributed by atoms with van der Waals surface area (Å²) < 4.78 is 11.4. The first-order valence-corrected chi connectivity index (χ1v) is 10.3. The Balaban J connectivity index is 1.50. The predicted octanol–water partition coefficient (Wildman–Crippen LogP) is 2.59. The summed E-state index contributed by atoms with van der Waals surface area (Å²) in [5.74, 6) is 0.792. The first kappa shape index (κ1) is 20.7. The van der Waals surface area contributed by atoms with Crippen molar-refractivity contribution in [2.75, 3.05) is 25.9 Å². The lowest BCUT2D eigenvalue weighted by Crippen LogP contribution is -2.61. The molecule has 8 heteroatoms. The highest BCUT2D eigenvalue weighted by molar-refractivity contribution is 5.99. The number of nitrogens with one attached hydrogen (secondary N) is 2. The van der Waals surface area contributed by atoms with Crippen molar-refractivity contribution in [1.29, 1.82) is 5.41 Å². The quantitative estimate of drug-likeness (QED) is 0.517. The molecule has 0 atom stereocenters. The van der Waals surface area contributed by atoms with Crippen molar-refractivity contribution in [3.8, 4) is 11.5 Å². The fourth-order valence-electron chi connectivity index (χ4n) is 4.17. The zero-order chi connectivity index (χ0) is 22.2. The lowest BCUT2D eigenvalue weighted by molar-refractivity contribution is -0.0246. The topological polar surface area (TPSA) is 118 Å². The Labute approximate surface area is 180 Å². The van der Waals surface area contributed by atoms with Gasteiger partial charge in [-0.3, -0.25) is 9.59 Å². The second kappa shape index (κ2) is 7.94. The van der Waals surface area contributed by atoms with Crippen molar-refractivity contribution in [3.63, 3.8) is 0 Å². The van der Waals surface area contributed by atoms with Gasteiger partial charge in [-0.25, -0.2) is 0 Å². The fraction of sp³-hybridized carbons (Fsp3) is 0.348. The fourth-order valence-corrected chi connectivity index (χ4v) is 4.17. The van der Waals surface area contributed by atoms with Gasteiger partial charge in [0, 0.05) is 49.0 Å². The molecule has 8 nitrogen and oxygen atoms in total. The number of carbonyl (C=O) groups is 2. The van der Waals surface area contributed by atoms with Crippen molar-refractivity contribution in [3.05, 3.63) is 52.6 Å². The average molecular weight is 422 g/mol. The van der Waals surface area contributed by atoms with Gasteiger partial charge >= 0.3 is 0 Å². The molecule has 162 valence electrons. The van der Waals surface area contributed by atoms with Gasteiger partial charge in [0.15, 0.2) is 5.72 Å². The van der Waals surface area contributed by atoms with Crippen LogP contribution in [0.25, 0.3) is 0 Å². The van der Waals surface area contributed by atoms with Crippen molar-refractivity contribution in [1.82, 2.24) is 10.2 Å². The van der Waals surface area contributed by atoms with Gasteiger partial charge in [-0.2, -0.15) is 0 Å². The second-order valence-electron chi connectivity index (χ2n) is 7.84. The zero-order valence-electron chi connectivity index (χ0n) is 17.7. The third kappa shape index (κ3) is 3.69. The largest absolute Gasteiger partial charge is 0.497 e. The van der Waals surface area contributed by atoms with Crippen LogP contribution in [0.5, 0.6) is 11.5 Å². The minimum Gasteiger partial charge on any atom is -0.497 e. The molecule has 2 aliphatic heterocycles. The molecule has 4 N–H and O–H groups in total. The van der Waals surface area contributed by atoms with E-state index in [0.29, 0.717) is 66.2 Å². The number of anilines is 1. The van der Waals surface area contributed by atoms with E-state index in [0.717, 1.165) is 5.56 Å². The summed E-state index contributed by atoms with van der Waals surface area (Å²) in [6.45, 7) is 2.85. The highest BCUT2D eigenvalue weighted by atomic mass is 16.5. The number of fused-ring (bicyclic) bond motifs is 1. The van der Waals surface area contributed by atoms with Crippen LogP contribution in [0, 0.1) is 5.41 Å². The van der Waals surface area contributed by atoms with Gasteiger partial charge in [0.25, 0.3) is 11.8 Å². The van der Waals surface area contributed by atoms with E-state index in [-0.39, 0.29) is 11.8 Å². The number of hydrogen-bond acceptors (Lipinski definition) is 6. The van der Waals surface area contributed by atoms with Crippen LogP contribution in [0.1, 0.15) is 51.6 Å². The van der Waals surface area contributed by atoms with Gasteiger partial charge in [-0.05, 0) is 42.3 Å². The monoisotopic (exact) mass is 422 g/mol. The second-order valence-corrected chi connectivity index (χ2v) is 7.84. The Kier molecular flexibility index (Phi) is 5.31. The third-order valence-electron chi connectivity index (χ3n) is 6.02. The summed E-state index contributed by atoms with van der Waals surface area (Å²) in [5, 5.41) is 10.6. The van der Waals surface area contributed by atoms with Crippen molar-refractivity contribution >= 4 is 23.7 Å². The molecule has 0 aliphatic carbocycles. The van der Waals surface area contributed by atoms with Crippen LogP contribution in [0.4, 0.5) is 5.69 Å². The Morgan fingerprint density at radius 2 is 2.06 bits per heavy atom. The molecule has 0 unspecified atom stereocenters. The molecule has 4 rings (SSSR count). The van der Waals surface area contributed by atoms with E-state index in [1.165, 1.54) is 6.21 Å². The van der Waals surface area contributed by atoms with Crippen molar-refractivity contribution in [2.45, 2.75) is 31.9 Å². The average Bonchev–Trinajstić information content (AvgIpc) is 2.79. The number of nitrogen functional groups attached to an aromatic ring is 1. The van der Waals surface area contributed by atoms with E-state index >= 15 is 0 Å². The molecule has 0 radical (unpaired) electrons. The number of ether oxygens (including phenoxy) is 2. The van der Waals surface area contributed by atoms with E-state index in [2.05, 4.69) is 5.32 Å². The van der Waals surface area contributed by atoms with E-state index in [1.54, 1.807) is 42.3 Å². The van der Waals surface area contributed by atoms with E-state index in [9.17, 15) is 9.59 Å². The van der Waals surface area contributed by atoms with E-state index in [1.807, 2.05) is 6.92 Å². The molecule has 1 fully saturated rings. The number of nitrogens with zero attached hydrogens (tertiary/aromatic N) is 1. The molecule has 31 heavy (non-hydrogen) atoms. The van der Waals surface area contributed by atoms with Crippen LogP contribution in [-0.2, 0) is 6.42 Å². The Hall–Kier alpha value is -3.55. The highest BCUT2D eigenvalue weighted by Gasteiger charge is 2.43. The van der Waals surface area contributed by atoms with Crippen LogP contribution in [0.3, 0.4) is 0 Å². The van der Waals surface area contributed by atoms with Crippen LogP contribution in [0.15, 0.2) is 30.3 Å². The Morgan fingerprint density at radius 3 is 2.71 bits per heavy atom. The normalized spacial score (nSPS) is 16.8. The van der Waals surface area contributed by atoms with Crippen LogP contribution >= 0.6 is 0 Å². The molecule has 2 aliphatic rings. The molecule has 1 saturated heterocycles. The molecule has 2 aromatic carbocycles. The number of piperidine rings is 1. The zero-order valence-corrected chi connectivity index (χ0v) is 17.7. The Bertz CT molecular complexity index is 1060. The molecule has 0 aromatic heterocycles. The molecular weight excluding hydrogens is 396 g/mol. The summed E-state index contributed by atoms with van der Waals surface area (Å²) in [6, 6.07) is 8.63. The summed E-state index contributed by atoms with van der Waals surface area (Å²) in [5.41, 5.74) is 8.15. The molecule has 2 heterocycles. The number of nitrogens with two attached hydrogens (primary N) is 1. The molecule has 2 amide bonds. The highest BCUT2D eigenvalue weighted by Crippen LogP contribution is 2.35. The van der Waals surface area contributed by atoms with Gasteiger partial charge in [0.2, 0.25) is 0 Å². The first-order chi connectivity index (χ1) is 14.9. The van der Waals surface area contributed by atoms with Crippen LogP contribution < -0.4 is 20.5 Å². The molecule has 0 saturated carbocycles. The van der Waals surface area contributed by atoms with Gasteiger partial charge < -0.3 is 30.8 Å². The summed E-state index contributed by atoms with van der Waals surface area (Å²) in [7, 11) is 1.55. The number of likely N-dealkylation sites (tertiary alicyclic amines) is 1. The van der Waals surface area contributed by atoms with Crippen LogP contribution in [0.2, 0.25) is 0 Å². The maximum atomic E-state index is 13.1. The van der Waals surface area contributed by atoms with Gasteiger partial charge in [0.05, 0.1) is 12.7 Å². The molecule has 1 spiro atoms.